The van der Waals surface area contributed by atoms with E-state index in [0.717, 1.165) is 28.2 Å². The lowest BCUT2D eigenvalue weighted by Gasteiger charge is -2.36. The number of nitrogens with zero attached hydrogens (tertiary/aromatic N) is 4. The van der Waals surface area contributed by atoms with Gasteiger partial charge < -0.3 is 10.1 Å². The minimum absolute atomic E-state index is 0.0959. The lowest BCUT2D eigenvalue weighted by atomic mass is 10.2. The molecular weight excluding hydrogens is 510 g/mol. The van der Waals surface area contributed by atoms with Gasteiger partial charge in [0.05, 0.1) is 23.6 Å². The van der Waals surface area contributed by atoms with Gasteiger partial charge in [-0.05, 0) is 67.6 Å². The number of hydrogen-bond donors (Lipinski definition) is 1. The van der Waals surface area contributed by atoms with Crippen LogP contribution in [0.3, 0.4) is 0 Å². The Labute approximate surface area is 221 Å². The van der Waals surface area contributed by atoms with Gasteiger partial charge in [0.15, 0.2) is 0 Å². The molecule has 4 aromatic rings. The molecule has 192 valence electrons. The standard InChI is InChI=1S/C27H28ClN5O3S/c1-19(32-15-17-33(18-16-32)37(34,35)23-13-7-20(28)8-14-23)26-30-25-6-4-3-5-24(25)27(31-26)29-21-9-11-22(36-2)12-10-21/h3-14,19H,15-18H2,1-2H3,(H,29,30,31). The first-order chi connectivity index (χ1) is 17.8. The monoisotopic (exact) mass is 537 g/mol. The van der Waals surface area contributed by atoms with Gasteiger partial charge in [-0.2, -0.15) is 4.31 Å². The third-order valence-corrected chi connectivity index (χ3v) is 8.78. The van der Waals surface area contributed by atoms with Gasteiger partial charge >= 0.3 is 0 Å². The Morgan fingerprint density at radius 1 is 0.919 bits per heavy atom. The third kappa shape index (κ3) is 5.40. The molecule has 1 aliphatic rings. The Morgan fingerprint density at radius 2 is 1.59 bits per heavy atom. The van der Waals surface area contributed by atoms with Crippen molar-refractivity contribution in [1.82, 2.24) is 19.2 Å². The smallest absolute Gasteiger partial charge is 0.243 e. The van der Waals surface area contributed by atoms with E-state index in [1.165, 1.54) is 4.31 Å². The fourth-order valence-electron chi connectivity index (χ4n) is 4.44. The third-order valence-electron chi connectivity index (χ3n) is 6.62. The number of rotatable bonds is 7. The number of nitrogens with one attached hydrogen (secondary N) is 1. The van der Waals surface area contributed by atoms with Crippen LogP contribution in [-0.2, 0) is 10.0 Å². The average Bonchev–Trinajstić information content (AvgIpc) is 2.93. The van der Waals surface area contributed by atoms with Gasteiger partial charge in [0.25, 0.3) is 0 Å². The summed E-state index contributed by atoms with van der Waals surface area (Å²) in [6.45, 7) is 3.99. The maximum atomic E-state index is 13.1. The van der Waals surface area contributed by atoms with E-state index >= 15 is 0 Å². The highest BCUT2D eigenvalue weighted by atomic mass is 35.5. The number of benzene rings is 3. The number of methoxy groups -OCH3 is 1. The van der Waals surface area contributed by atoms with Gasteiger partial charge in [-0.3, -0.25) is 4.90 Å². The molecule has 0 amide bonds. The van der Waals surface area contributed by atoms with Crippen molar-refractivity contribution in [2.45, 2.75) is 17.9 Å². The van der Waals surface area contributed by atoms with Crippen LogP contribution in [0, 0.1) is 0 Å². The Kier molecular flexibility index (Phi) is 7.30. The number of sulfonamides is 1. The second-order valence-electron chi connectivity index (χ2n) is 8.87. The molecule has 1 atom stereocenters. The van der Waals surface area contributed by atoms with Crippen molar-refractivity contribution in [3.8, 4) is 5.75 Å². The fourth-order valence-corrected chi connectivity index (χ4v) is 5.99. The average molecular weight is 538 g/mol. The molecule has 1 aromatic heterocycles. The van der Waals surface area contributed by atoms with Crippen LogP contribution in [0.4, 0.5) is 11.5 Å². The quantitative estimate of drug-likeness (QED) is 0.351. The second-order valence-corrected chi connectivity index (χ2v) is 11.2. The van der Waals surface area contributed by atoms with Crippen molar-refractivity contribution in [3.05, 3.63) is 83.6 Å². The van der Waals surface area contributed by atoms with Crippen LogP contribution in [-0.4, -0.2) is 60.9 Å². The largest absolute Gasteiger partial charge is 0.497 e. The molecule has 1 aliphatic heterocycles. The van der Waals surface area contributed by atoms with Crippen molar-refractivity contribution in [3.63, 3.8) is 0 Å². The van der Waals surface area contributed by atoms with Gasteiger partial charge in [-0.1, -0.05) is 23.7 Å². The molecule has 3 aromatic carbocycles. The summed E-state index contributed by atoms with van der Waals surface area (Å²) in [6.07, 6.45) is 0. The molecule has 0 aliphatic carbocycles. The zero-order chi connectivity index (χ0) is 26.0. The van der Waals surface area contributed by atoms with Gasteiger partial charge in [0.2, 0.25) is 10.0 Å². The SMILES string of the molecule is COc1ccc(Nc2nc(C(C)N3CCN(S(=O)(=O)c4ccc(Cl)cc4)CC3)nc3ccccc23)cc1. The second kappa shape index (κ2) is 10.6. The van der Waals surface area contributed by atoms with Crippen LogP contribution in [0.2, 0.25) is 5.02 Å². The van der Waals surface area contributed by atoms with E-state index in [1.807, 2.05) is 48.5 Å². The number of anilines is 2. The van der Waals surface area contributed by atoms with E-state index in [-0.39, 0.29) is 10.9 Å². The molecule has 5 rings (SSSR count). The van der Waals surface area contributed by atoms with Gasteiger partial charge in [-0.15, -0.1) is 0 Å². The fraction of sp³-hybridized carbons (Fsp3) is 0.259. The van der Waals surface area contributed by atoms with Crippen molar-refractivity contribution in [1.29, 1.82) is 0 Å². The first-order valence-corrected chi connectivity index (χ1v) is 13.8. The Hall–Kier alpha value is -3.24. The summed E-state index contributed by atoms with van der Waals surface area (Å²) < 4.78 is 32.9. The highest BCUT2D eigenvalue weighted by Gasteiger charge is 2.31. The van der Waals surface area contributed by atoms with E-state index in [2.05, 4.69) is 17.1 Å². The number of aromatic nitrogens is 2. The molecule has 1 fully saturated rings. The number of fused-ring (bicyclic) bond motifs is 1. The molecule has 10 heteroatoms. The summed E-state index contributed by atoms with van der Waals surface area (Å²) in [7, 11) is -1.93. The summed E-state index contributed by atoms with van der Waals surface area (Å²) >= 11 is 5.93. The topological polar surface area (TPSA) is 87.7 Å². The lowest BCUT2D eigenvalue weighted by Crippen LogP contribution is -2.49. The van der Waals surface area contributed by atoms with E-state index in [4.69, 9.17) is 26.3 Å². The van der Waals surface area contributed by atoms with Crippen LogP contribution >= 0.6 is 11.6 Å². The Balaban J connectivity index is 1.35. The zero-order valence-electron chi connectivity index (χ0n) is 20.6. The molecule has 1 N–H and O–H groups in total. The minimum Gasteiger partial charge on any atom is -0.497 e. The molecule has 1 unspecified atom stereocenters. The summed E-state index contributed by atoms with van der Waals surface area (Å²) in [5, 5.41) is 4.86. The highest BCUT2D eigenvalue weighted by Crippen LogP contribution is 2.29. The number of piperazine rings is 1. The van der Waals surface area contributed by atoms with Crippen molar-refractivity contribution in [2.75, 3.05) is 38.6 Å². The summed E-state index contributed by atoms with van der Waals surface area (Å²) in [5.74, 6) is 2.19. The predicted octanol–water partition coefficient (Wildman–Crippen LogP) is 5.10. The molecule has 1 saturated heterocycles. The zero-order valence-corrected chi connectivity index (χ0v) is 22.2. The summed E-state index contributed by atoms with van der Waals surface area (Å²) in [4.78, 5) is 12.2. The molecule has 0 radical (unpaired) electrons. The van der Waals surface area contributed by atoms with Crippen LogP contribution in [0.1, 0.15) is 18.8 Å². The lowest BCUT2D eigenvalue weighted by molar-refractivity contribution is 0.141. The highest BCUT2D eigenvalue weighted by molar-refractivity contribution is 7.89. The van der Waals surface area contributed by atoms with E-state index in [1.54, 1.807) is 31.4 Å². The molecule has 8 nitrogen and oxygen atoms in total. The number of halogens is 1. The Morgan fingerprint density at radius 3 is 2.27 bits per heavy atom. The van der Waals surface area contributed by atoms with Crippen molar-refractivity contribution >= 4 is 44.0 Å². The Bertz CT molecular complexity index is 1490. The maximum Gasteiger partial charge on any atom is 0.243 e. The molecule has 2 heterocycles. The van der Waals surface area contributed by atoms with Crippen LogP contribution in [0.15, 0.2) is 77.7 Å². The van der Waals surface area contributed by atoms with Crippen molar-refractivity contribution in [2.24, 2.45) is 0 Å². The number of hydrogen-bond acceptors (Lipinski definition) is 7. The molecular formula is C27H28ClN5O3S. The number of para-hydroxylation sites is 1. The van der Waals surface area contributed by atoms with E-state index in [9.17, 15) is 8.42 Å². The molecule has 0 spiro atoms. The first kappa shape index (κ1) is 25.4. The van der Waals surface area contributed by atoms with E-state index in [0.29, 0.717) is 37.0 Å². The van der Waals surface area contributed by atoms with Gasteiger partial charge in [0, 0.05) is 42.3 Å². The summed E-state index contributed by atoms with van der Waals surface area (Å²) in [6, 6.07) is 21.8. The van der Waals surface area contributed by atoms with Crippen molar-refractivity contribution < 1.29 is 13.2 Å². The molecule has 37 heavy (non-hydrogen) atoms. The van der Waals surface area contributed by atoms with E-state index < -0.39 is 10.0 Å². The van der Waals surface area contributed by atoms with Crippen LogP contribution in [0.5, 0.6) is 5.75 Å². The van der Waals surface area contributed by atoms with Gasteiger partial charge in [0.1, 0.15) is 17.4 Å². The predicted molar refractivity (Wildman–Crippen MR) is 146 cm³/mol. The number of ether oxygens (including phenoxy) is 1. The minimum atomic E-state index is -3.57. The normalized spacial score (nSPS) is 16.0. The molecule has 0 bridgehead atoms. The van der Waals surface area contributed by atoms with Crippen LogP contribution in [0.25, 0.3) is 10.9 Å². The maximum absolute atomic E-state index is 13.1. The summed E-state index contributed by atoms with van der Waals surface area (Å²) in [5.41, 5.74) is 1.74. The van der Waals surface area contributed by atoms with Gasteiger partial charge in [-0.25, -0.2) is 18.4 Å². The van der Waals surface area contributed by atoms with Crippen LogP contribution < -0.4 is 10.1 Å². The molecule has 0 saturated carbocycles. The first-order valence-electron chi connectivity index (χ1n) is 12.0.